The van der Waals surface area contributed by atoms with Crippen molar-refractivity contribution in [2.24, 2.45) is 0 Å². The molecule has 102 valence electrons. The Labute approximate surface area is 116 Å². The number of ether oxygens (including phenoxy) is 2. The van der Waals surface area contributed by atoms with Crippen LogP contribution in [0.5, 0.6) is 5.75 Å². The van der Waals surface area contributed by atoms with Crippen LogP contribution in [0.4, 0.5) is 0 Å². The number of benzene rings is 1. The maximum atomic E-state index is 10.4. The summed E-state index contributed by atoms with van der Waals surface area (Å²) in [6, 6.07) is 7.36. The zero-order valence-corrected chi connectivity index (χ0v) is 11.3. The molecule has 0 radical (unpaired) electrons. The van der Waals surface area contributed by atoms with Crippen molar-refractivity contribution in [3.8, 4) is 5.75 Å². The third kappa shape index (κ3) is 4.96. The van der Waals surface area contributed by atoms with E-state index in [1.165, 1.54) is 0 Å². The second-order valence-electron chi connectivity index (χ2n) is 4.12. The van der Waals surface area contributed by atoms with Gasteiger partial charge in [0.25, 0.3) is 0 Å². The minimum Gasteiger partial charge on any atom is -0.493 e. The highest BCUT2D eigenvalue weighted by molar-refractivity contribution is 8.00. The molecule has 1 aromatic carbocycles. The Morgan fingerprint density at radius 3 is 2.74 bits per heavy atom. The van der Waals surface area contributed by atoms with E-state index in [4.69, 9.17) is 14.6 Å². The molecule has 0 atom stereocenters. The molecule has 1 N–H and O–H groups in total. The Hall–Kier alpha value is -1.46. The van der Waals surface area contributed by atoms with E-state index in [2.05, 4.69) is 0 Å². The Kier molecular flexibility index (Phi) is 5.30. The highest BCUT2D eigenvalue weighted by atomic mass is 32.2. The zero-order valence-electron chi connectivity index (χ0n) is 10.5. The molecule has 1 fully saturated rings. The van der Waals surface area contributed by atoms with Gasteiger partial charge in [0, 0.05) is 11.8 Å². The number of rotatable bonds is 7. The van der Waals surface area contributed by atoms with Crippen molar-refractivity contribution in [2.45, 2.75) is 5.25 Å². The van der Waals surface area contributed by atoms with Crippen molar-refractivity contribution in [3.63, 3.8) is 0 Å². The molecule has 19 heavy (non-hydrogen) atoms. The van der Waals surface area contributed by atoms with Crippen LogP contribution in [-0.2, 0) is 9.53 Å². The summed E-state index contributed by atoms with van der Waals surface area (Å²) < 4.78 is 10.7. The van der Waals surface area contributed by atoms with E-state index in [0.29, 0.717) is 11.9 Å². The number of aliphatic carboxylic acids is 1. The highest BCUT2D eigenvalue weighted by Crippen LogP contribution is 2.19. The molecule has 0 bridgehead atoms. The second-order valence-corrected chi connectivity index (χ2v) is 5.53. The lowest BCUT2D eigenvalue weighted by molar-refractivity contribution is -0.131. The van der Waals surface area contributed by atoms with Crippen LogP contribution in [0.15, 0.2) is 30.3 Å². The Morgan fingerprint density at radius 2 is 2.16 bits per heavy atom. The monoisotopic (exact) mass is 280 g/mol. The van der Waals surface area contributed by atoms with Crippen LogP contribution in [0.1, 0.15) is 5.56 Å². The van der Waals surface area contributed by atoms with E-state index < -0.39 is 5.97 Å². The lowest BCUT2D eigenvalue weighted by atomic mass is 10.2. The van der Waals surface area contributed by atoms with Crippen molar-refractivity contribution in [2.75, 3.05) is 25.6 Å². The number of carboxylic acid groups (broad SMARTS) is 1. The van der Waals surface area contributed by atoms with E-state index in [1.807, 2.05) is 36.0 Å². The molecule has 4 nitrogen and oxygen atoms in total. The van der Waals surface area contributed by atoms with Gasteiger partial charge in [-0.2, -0.15) is 11.8 Å². The van der Waals surface area contributed by atoms with Gasteiger partial charge in [-0.05, 0) is 23.8 Å². The Morgan fingerprint density at radius 1 is 1.42 bits per heavy atom. The van der Waals surface area contributed by atoms with Gasteiger partial charge in [0.2, 0.25) is 0 Å². The van der Waals surface area contributed by atoms with E-state index in [0.717, 1.165) is 36.4 Å². The standard InChI is InChI=1S/C14H16O4S/c15-14(16)6-3-11-1-4-12(5-2-11)18-7-8-19-13-9-17-10-13/h1-6,13H,7-10H2,(H,15,16). The third-order valence-corrected chi connectivity index (χ3v) is 3.76. The van der Waals surface area contributed by atoms with Crippen molar-refractivity contribution in [3.05, 3.63) is 35.9 Å². The molecule has 1 aliphatic heterocycles. The topological polar surface area (TPSA) is 55.8 Å². The quantitative estimate of drug-likeness (QED) is 0.613. The first-order valence-corrected chi connectivity index (χ1v) is 7.12. The van der Waals surface area contributed by atoms with Crippen molar-refractivity contribution in [1.82, 2.24) is 0 Å². The largest absolute Gasteiger partial charge is 0.493 e. The molecular formula is C14H16O4S. The number of hydrogen-bond donors (Lipinski definition) is 1. The molecule has 0 saturated carbocycles. The first-order valence-electron chi connectivity index (χ1n) is 6.07. The number of carboxylic acids is 1. The Balaban J connectivity index is 1.70. The van der Waals surface area contributed by atoms with E-state index in [1.54, 1.807) is 6.08 Å². The van der Waals surface area contributed by atoms with Gasteiger partial charge in [-0.3, -0.25) is 0 Å². The van der Waals surface area contributed by atoms with Gasteiger partial charge in [-0.25, -0.2) is 4.79 Å². The highest BCUT2D eigenvalue weighted by Gasteiger charge is 2.17. The number of hydrogen-bond acceptors (Lipinski definition) is 4. The van der Waals surface area contributed by atoms with Crippen molar-refractivity contribution in [1.29, 1.82) is 0 Å². The molecule has 1 aliphatic rings. The van der Waals surface area contributed by atoms with E-state index in [9.17, 15) is 4.79 Å². The van der Waals surface area contributed by atoms with Crippen LogP contribution >= 0.6 is 11.8 Å². The van der Waals surface area contributed by atoms with Gasteiger partial charge >= 0.3 is 5.97 Å². The minimum atomic E-state index is -0.947. The maximum Gasteiger partial charge on any atom is 0.328 e. The Bertz CT molecular complexity index is 437. The summed E-state index contributed by atoms with van der Waals surface area (Å²) in [6.45, 7) is 2.38. The number of carbonyl (C=O) groups is 1. The van der Waals surface area contributed by atoms with Crippen LogP contribution in [-0.4, -0.2) is 41.9 Å². The third-order valence-electron chi connectivity index (χ3n) is 2.61. The zero-order chi connectivity index (χ0) is 13.5. The second kappa shape index (κ2) is 7.21. The molecule has 0 unspecified atom stereocenters. The molecule has 0 aliphatic carbocycles. The molecule has 2 rings (SSSR count). The lowest BCUT2D eigenvalue weighted by Gasteiger charge is -2.25. The SMILES string of the molecule is O=C(O)C=Cc1ccc(OCCSC2COC2)cc1. The first kappa shape index (κ1) is 14.0. The fourth-order valence-electron chi connectivity index (χ4n) is 1.53. The van der Waals surface area contributed by atoms with Crippen LogP contribution in [0.2, 0.25) is 0 Å². The molecule has 0 aromatic heterocycles. The van der Waals surface area contributed by atoms with Gasteiger partial charge in [0.1, 0.15) is 5.75 Å². The maximum absolute atomic E-state index is 10.4. The predicted octanol–water partition coefficient (Wildman–Crippen LogP) is 2.30. The first-order chi connectivity index (χ1) is 9.24. The van der Waals surface area contributed by atoms with E-state index in [-0.39, 0.29) is 0 Å². The molecule has 0 spiro atoms. The minimum absolute atomic E-state index is 0.632. The molecule has 1 saturated heterocycles. The summed E-state index contributed by atoms with van der Waals surface area (Å²) >= 11 is 1.87. The van der Waals surface area contributed by atoms with Crippen molar-refractivity contribution >= 4 is 23.8 Å². The summed E-state index contributed by atoms with van der Waals surface area (Å²) in [5.74, 6) is 0.810. The van der Waals surface area contributed by atoms with Crippen LogP contribution in [0.25, 0.3) is 6.08 Å². The number of thioether (sulfide) groups is 1. The summed E-state index contributed by atoms with van der Waals surface area (Å²) in [5.41, 5.74) is 0.843. The summed E-state index contributed by atoms with van der Waals surface area (Å²) in [6.07, 6.45) is 2.67. The predicted molar refractivity (Wildman–Crippen MR) is 75.7 cm³/mol. The molecule has 0 amide bonds. The molecule has 1 heterocycles. The van der Waals surface area contributed by atoms with Crippen LogP contribution in [0.3, 0.4) is 0 Å². The van der Waals surface area contributed by atoms with Crippen molar-refractivity contribution < 1.29 is 19.4 Å². The van der Waals surface area contributed by atoms with Gasteiger partial charge in [-0.15, -0.1) is 0 Å². The summed E-state index contributed by atoms with van der Waals surface area (Å²) in [7, 11) is 0. The molecular weight excluding hydrogens is 264 g/mol. The average molecular weight is 280 g/mol. The normalized spacial score (nSPS) is 15.4. The lowest BCUT2D eigenvalue weighted by Crippen LogP contribution is -2.31. The van der Waals surface area contributed by atoms with Crippen LogP contribution in [0, 0.1) is 0 Å². The summed E-state index contributed by atoms with van der Waals surface area (Å²) in [4.78, 5) is 10.4. The van der Waals surface area contributed by atoms with Crippen LogP contribution < -0.4 is 4.74 Å². The smallest absolute Gasteiger partial charge is 0.328 e. The van der Waals surface area contributed by atoms with Gasteiger partial charge < -0.3 is 14.6 Å². The van der Waals surface area contributed by atoms with Gasteiger partial charge in [0.15, 0.2) is 0 Å². The molecule has 5 heteroatoms. The average Bonchev–Trinajstić information content (AvgIpc) is 2.35. The summed E-state index contributed by atoms with van der Waals surface area (Å²) in [5, 5.41) is 9.15. The fraction of sp³-hybridized carbons (Fsp3) is 0.357. The molecule has 1 aromatic rings. The fourth-order valence-corrected chi connectivity index (χ4v) is 2.43. The van der Waals surface area contributed by atoms with E-state index >= 15 is 0 Å². The van der Waals surface area contributed by atoms with Gasteiger partial charge in [0.05, 0.1) is 25.1 Å². The van der Waals surface area contributed by atoms with Gasteiger partial charge in [-0.1, -0.05) is 12.1 Å².